The van der Waals surface area contributed by atoms with Crippen LogP contribution in [0.5, 0.6) is 0 Å². The molecule has 5 nitrogen and oxygen atoms in total. The van der Waals surface area contributed by atoms with E-state index in [1.165, 1.54) is 12.2 Å². The zero-order valence-corrected chi connectivity index (χ0v) is 6.60. The van der Waals surface area contributed by atoms with Gasteiger partial charge in [-0.3, -0.25) is 0 Å². The molecule has 0 aromatic rings. The predicted octanol–water partition coefficient (Wildman–Crippen LogP) is 0.440. The van der Waals surface area contributed by atoms with Crippen molar-refractivity contribution in [3.8, 4) is 0 Å². The molecule has 1 heterocycles. The van der Waals surface area contributed by atoms with Crippen LogP contribution >= 0.6 is 0 Å². The summed E-state index contributed by atoms with van der Waals surface area (Å²) in [5.74, 6) is -2.45. The Morgan fingerprint density at radius 2 is 2.00 bits per heavy atom. The topological polar surface area (TPSA) is 87.0 Å². The molecule has 0 fully saturated rings. The minimum absolute atomic E-state index is 0.234. The first-order valence-corrected chi connectivity index (χ1v) is 3.53. The van der Waals surface area contributed by atoms with Crippen molar-refractivity contribution in [3.63, 3.8) is 0 Å². The zero-order chi connectivity index (χ0) is 9.84. The highest BCUT2D eigenvalue weighted by Crippen LogP contribution is 2.06. The minimum Gasteiger partial charge on any atom is -0.477 e. The highest BCUT2D eigenvalue weighted by atomic mass is 16.4. The number of aliphatic carboxylic acids is 2. The standard InChI is InChI=1S/C8H7NO4/c10-7(11)5-3-1-2-4-6(9-5)8(12)13/h1,3-4H,2H2,(H,10,11)(H,12,13). The molecular weight excluding hydrogens is 174 g/mol. The van der Waals surface area contributed by atoms with Crippen molar-refractivity contribution >= 4 is 17.7 Å². The first kappa shape index (κ1) is 9.18. The SMILES string of the molecule is O=C(O)C1=CCC=CC(C(=O)O)=N1. The number of carboxylic acids is 2. The van der Waals surface area contributed by atoms with Gasteiger partial charge in [0, 0.05) is 0 Å². The van der Waals surface area contributed by atoms with Crippen molar-refractivity contribution in [2.45, 2.75) is 6.42 Å². The molecule has 1 aliphatic heterocycles. The molecule has 0 radical (unpaired) electrons. The lowest BCUT2D eigenvalue weighted by molar-refractivity contribution is -0.132. The van der Waals surface area contributed by atoms with Crippen LogP contribution in [0.4, 0.5) is 0 Å². The Bertz CT molecular complexity index is 338. The van der Waals surface area contributed by atoms with E-state index in [0.717, 1.165) is 0 Å². The van der Waals surface area contributed by atoms with Crippen LogP contribution in [-0.4, -0.2) is 27.9 Å². The number of nitrogens with zero attached hydrogens (tertiary/aromatic N) is 1. The zero-order valence-electron chi connectivity index (χ0n) is 6.60. The molecule has 68 valence electrons. The van der Waals surface area contributed by atoms with E-state index in [1.807, 2.05) is 0 Å². The third-order valence-electron chi connectivity index (χ3n) is 1.40. The largest absolute Gasteiger partial charge is 0.477 e. The average Bonchev–Trinajstić information content (AvgIpc) is 2.28. The molecule has 0 amide bonds. The van der Waals surface area contributed by atoms with Crippen LogP contribution in [-0.2, 0) is 9.59 Å². The third kappa shape index (κ3) is 2.26. The molecule has 0 spiro atoms. The number of carbonyl (C=O) groups is 2. The first-order chi connectivity index (χ1) is 6.11. The number of hydrogen-bond donors (Lipinski definition) is 2. The van der Waals surface area contributed by atoms with Gasteiger partial charge in [-0.15, -0.1) is 0 Å². The highest BCUT2D eigenvalue weighted by Gasteiger charge is 2.12. The van der Waals surface area contributed by atoms with E-state index >= 15 is 0 Å². The molecule has 0 unspecified atom stereocenters. The molecule has 2 N–H and O–H groups in total. The van der Waals surface area contributed by atoms with E-state index in [2.05, 4.69) is 4.99 Å². The number of hydrogen-bond acceptors (Lipinski definition) is 3. The van der Waals surface area contributed by atoms with Crippen LogP contribution in [0.15, 0.2) is 28.9 Å². The van der Waals surface area contributed by atoms with Crippen molar-refractivity contribution < 1.29 is 19.8 Å². The summed E-state index contributed by atoms with van der Waals surface area (Å²) in [5, 5.41) is 17.1. The molecule has 5 heteroatoms. The Kier molecular flexibility index (Phi) is 2.59. The molecule has 0 atom stereocenters. The molecule has 0 aliphatic carbocycles. The van der Waals surface area contributed by atoms with E-state index in [-0.39, 0.29) is 11.4 Å². The normalized spacial score (nSPS) is 15.7. The lowest BCUT2D eigenvalue weighted by atomic mass is 10.3. The van der Waals surface area contributed by atoms with Crippen LogP contribution in [0.25, 0.3) is 0 Å². The van der Waals surface area contributed by atoms with Crippen molar-refractivity contribution in [3.05, 3.63) is 23.9 Å². The summed E-state index contributed by atoms with van der Waals surface area (Å²) < 4.78 is 0. The van der Waals surface area contributed by atoms with Gasteiger partial charge in [-0.2, -0.15) is 0 Å². The number of allylic oxidation sites excluding steroid dienone is 2. The minimum atomic E-state index is -1.23. The van der Waals surface area contributed by atoms with E-state index in [9.17, 15) is 9.59 Å². The van der Waals surface area contributed by atoms with E-state index in [1.54, 1.807) is 6.08 Å². The second-order valence-corrected chi connectivity index (χ2v) is 2.33. The summed E-state index contributed by atoms with van der Waals surface area (Å²) in [7, 11) is 0. The van der Waals surface area contributed by atoms with Crippen molar-refractivity contribution in [2.75, 3.05) is 0 Å². The van der Waals surface area contributed by atoms with Gasteiger partial charge in [0.15, 0.2) is 0 Å². The van der Waals surface area contributed by atoms with Gasteiger partial charge in [-0.1, -0.05) is 6.08 Å². The first-order valence-electron chi connectivity index (χ1n) is 3.53. The predicted molar refractivity (Wildman–Crippen MR) is 44.5 cm³/mol. The molecule has 0 bridgehead atoms. The maximum Gasteiger partial charge on any atom is 0.354 e. The van der Waals surface area contributed by atoms with E-state index < -0.39 is 11.9 Å². The quantitative estimate of drug-likeness (QED) is 0.647. The van der Waals surface area contributed by atoms with E-state index in [0.29, 0.717) is 6.42 Å². The molecule has 0 saturated carbocycles. The fraction of sp³-hybridized carbons (Fsp3) is 0.125. The Morgan fingerprint density at radius 1 is 1.31 bits per heavy atom. The van der Waals surface area contributed by atoms with Gasteiger partial charge in [-0.05, 0) is 18.6 Å². The third-order valence-corrected chi connectivity index (χ3v) is 1.40. The van der Waals surface area contributed by atoms with Crippen molar-refractivity contribution in [1.29, 1.82) is 0 Å². The number of carboxylic acid groups (broad SMARTS) is 2. The monoisotopic (exact) mass is 181 g/mol. The van der Waals surface area contributed by atoms with Crippen molar-refractivity contribution in [2.24, 2.45) is 4.99 Å². The van der Waals surface area contributed by atoms with Gasteiger partial charge >= 0.3 is 11.9 Å². The Labute approximate surface area is 73.7 Å². The lowest BCUT2D eigenvalue weighted by Crippen LogP contribution is -2.11. The summed E-state index contributed by atoms with van der Waals surface area (Å²) in [6.07, 6.45) is 4.56. The summed E-state index contributed by atoms with van der Waals surface area (Å²) >= 11 is 0. The molecule has 0 aromatic heterocycles. The summed E-state index contributed by atoms with van der Waals surface area (Å²) in [6.45, 7) is 0. The fourth-order valence-corrected chi connectivity index (χ4v) is 0.826. The summed E-state index contributed by atoms with van der Waals surface area (Å²) in [5.41, 5.74) is -0.492. The smallest absolute Gasteiger partial charge is 0.354 e. The number of aliphatic imine (C=N–C) groups is 1. The molecule has 1 rings (SSSR count). The average molecular weight is 181 g/mol. The fourth-order valence-electron chi connectivity index (χ4n) is 0.826. The van der Waals surface area contributed by atoms with Gasteiger partial charge in [-0.25, -0.2) is 14.6 Å². The maximum absolute atomic E-state index is 10.5. The lowest BCUT2D eigenvalue weighted by Gasteiger charge is -1.93. The van der Waals surface area contributed by atoms with Gasteiger partial charge in [0.2, 0.25) is 0 Å². The molecule has 0 saturated heterocycles. The Balaban J connectivity index is 3.03. The van der Waals surface area contributed by atoms with Crippen LogP contribution < -0.4 is 0 Å². The van der Waals surface area contributed by atoms with Gasteiger partial charge < -0.3 is 10.2 Å². The van der Waals surface area contributed by atoms with E-state index in [4.69, 9.17) is 10.2 Å². The van der Waals surface area contributed by atoms with Crippen LogP contribution in [0.2, 0.25) is 0 Å². The van der Waals surface area contributed by atoms with Crippen LogP contribution in [0, 0.1) is 0 Å². The van der Waals surface area contributed by atoms with Crippen LogP contribution in [0.1, 0.15) is 6.42 Å². The molecular formula is C8H7NO4. The van der Waals surface area contributed by atoms with Gasteiger partial charge in [0.1, 0.15) is 11.4 Å². The Hall–Kier alpha value is -1.91. The molecule has 13 heavy (non-hydrogen) atoms. The number of rotatable bonds is 2. The Morgan fingerprint density at radius 3 is 2.54 bits per heavy atom. The van der Waals surface area contributed by atoms with Gasteiger partial charge in [0.05, 0.1) is 0 Å². The highest BCUT2D eigenvalue weighted by molar-refractivity contribution is 6.41. The second-order valence-electron chi connectivity index (χ2n) is 2.33. The molecule has 1 aliphatic rings. The maximum atomic E-state index is 10.5. The van der Waals surface area contributed by atoms with Gasteiger partial charge in [0.25, 0.3) is 0 Å². The van der Waals surface area contributed by atoms with Crippen molar-refractivity contribution in [1.82, 2.24) is 0 Å². The summed E-state index contributed by atoms with van der Waals surface area (Å²) in [6, 6.07) is 0. The second kappa shape index (κ2) is 3.66. The summed E-state index contributed by atoms with van der Waals surface area (Å²) in [4.78, 5) is 24.4. The molecule has 0 aromatic carbocycles. The van der Waals surface area contributed by atoms with Crippen LogP contribution in [0.3, 0.4) is 0 Å².